The fourth-order valence-electron chi connectivity index (χ4n) is 3.96. The van der Waals surface area contributed by atoms with E-state index in [1.807, 2.05) is 0 Å². The first-order chi connectivity index (χ1) is 10.7. The van der Waals surface area contributed by atoms with E-state index in [0.29, 0.717) is 12.7 Å². The van der Waals surface area contributed by atoms with Crippen LogP contribution in [0.15, 0.2) is 0 Å². The fourth-order valence-corrected chi connectivity index (χ4v) is 3.96. The van der Waals surface area contributed by atoms with Crippen LogP contribution in [0.3, 0.4) is 0 Å². The predicted molar refractivity (Wildman–Crippen MR) is 91.1 cm³/mol. The van der Waals surface area contributed by atoms with Gasteiger partial charge in [-0.3, -0.25) is 0 Å². The van der Waals surface area contributed by atoms with Gasteiger partial charge in [0.15, 0.2) is 0 Å². The number of nitrogens with zero attached hydrogens (tertiary/aromatic N) is 2. The first-order valence-electron chi connectivity index (χ1n) is 9.32. The average Bonchev–Trinajstić information content (AvgIpc) is 2.51. The minimum Gasteiger partial charge on any atom is -0.395 e. The van der Waals surface area contributed by atoms with Gasteiger partial charge in [-0.05, 0) is 57.7 Å². The van der Waals surface area contributed by atoms with Crippen molar-refractivity contribution in [3.63, 3.8) is 0 Å². The Labute approximate surface area is 136 Å². The first kappa shape index (κ1) is 18.2. The number of ether oxygens (including phenoxy) is 1. The Morgan fingerprint density at radius 3 is 2.55 bits per heavy atom. The maximum atomic E-state index is 8.99. The van der Waals surface area contributed by atoms with Gasteiger partial charge in [-0.15, -0.1) is 0 Å². The molecule has 4 heteroatoms. The van der Waals surface area contributed by atoms with Crippen molar-refractivity contribution in [1.82, 2.24) is 9.80 Å². The molecule has 2 atom stereocenters. The number of rotatable bonds is 8. The summed E-state index contributed by atoms with van der Waals surface area (Å²) in [5, 5.41) is 8.99. The SMILES string of the molecule is C[C@@H]1CCCC[C@H]1OCCN(C)CC1CCN(CCO)CC1. The van der Waals surface area contributed by atoms with E-state index in [1.165, 1.54) is 45.1 Å². The molecule has 0 aromatic carbocycles. The molecule has 1 saturated carbocycles. The molecule has 4 nitrogen and oxygen atoms in total. The van der Waals surface area contributed by atoms with E-state index in [4.69, 9.17) is 9.84 Å². The molecule has 22 heavy (non-hydrogen) atoms. The topological polar surface area (TPSA) is 35.9 Å². The number of hydrogen-bond acceptors (Lipinski definition) is 4. The molecule has 0 spiro atoms. The Hall–Kier alpha value is -0.160. The standard InChI is InChI=1S/C18H36N2O2/c1-16-5-3-4-6-18(16)22-14-12-19(2)15-17-7-9-20(10-8-17)11-13-21/h16-18,21H,3-15H2,1-2H3/t16-,18-/m1/s1. The molecule has 2 fully saturated rings. The highest BCUT2D eigenvalue weighted by Crippen LogP contribution is 2.26. The predicted octanol–water partition coefficient (Wildman–Crippen LogP) is 2.22. The van der Waals surface area contributed by atoms with Crippen LogP contribution in [0.4, 0.5) is 0 Å². The quantitative estimate of drug-likeness (QED) is 0.745. The lowest BCUT2D eigenvalue weighted by Gasteiger charge is -2.34. The third-order valence-corrected chi connectivity index (χ3v) is 5.53. The van der Waals surface area contributed by atoms with Crippen LogP contribution in [-0.4, -0.2) is 74.0 Å². The maximum Gasteiger partial charge on any atom is 0.0601 e. The van der Waals surface area contributed by atoms with Gasteiger partial charge in [-0.1, -0.05) is 19.8 Å². The third kappa shape index (κ3) is 6.15. The lowest BCUT2D eigenvalue weighted by Crippen LogP contribution is -2.39. The third-order valence-electron chi connectivity index (χ3n) is 5.53. The van der Waals surface area contributed by atoms with Crippen molar-refractivity contribution in [3.05, 3.63) is 0 Å². The second kappa shape index (κ2) is 9.86. The van der Waals surface area contributed by atoms with Crippen molar-refractivity contribution in [3.8, 4) is 0 Å². The van der Waals surface area contributed by atoms with Gasteiger partial charge in [0.1, 0.15) is 0 Å². The number of aliphatic hydroxyl groups is 1. The smallest absolute Gasteiger partial charge is 0.0601 e. The summed E-state index contributed by atoms with van der Waals surface area (Å²) in [6.07, 6.45) is 8.37. The fraction of sp³-hybridized carbons (Fsp3) is 1.00. The van der Waals surface area contributed by atoms with E-state index in [0.717, 1.165) is 44.6 Å². The molecule has 1 heterocycles. The largest absolute Gasteiger partial charge is 0.395 e. The zero-order valence-electron chi connectivity index (χ0n) is 14.7. The molecule has 0 aromatic heterocycles. The van der Waals surface area contributed by atoms with Crippen molar-refractivity contribution in [2.24, 2.45) is 11.8 Å². The number of likely N-dealkylation sites (tertiary alicyclic amines) is 1. The molecule has 0 unspecified atom stereocenters. The van der Waals surface area contributed by atoms with E-state index in [1.54, 1.807) is 0 Å². The van der Waals surface area contributed by atoms with Crippen LogP contribution in [-0.2, 0) is 4.74 Å². The zero-order valence-corrected chi connectivity index (χ0v) is 14.7. The number of piperidine rings is 1. The van der Waals surface area contributed by atoms with Gasteiger partial charge >= 0.3 is 0 Å². The van der Waals surface area contributed by atoms with E-state index in [9.17, 15) is 0 Å². The van der Waals surface area contributed by atoms with Crippen molar-refractivity contribution in [1.29, 1.82) is 0 Å². The number of likely N-dealkylation sites (N-methyl/N-ethyl adjacent to an activating group) is 1. The van der Waals surface area contributed by atoms with Gasteiger partial charge in [-0.2, -0.15) is 0 Å². The minimum absolute atomic E-state index is 0.293. The van der Waals surface area contributed by atoms with Crippen molar-refractivity contribution in [2.75, 3.05) is 53.0 Å². The minimum atomic E-state index is 0.293. The summed E-state index contributed by atoms with van der Waals surface area (Å²) < 4.78 is 6.13. The monoisotopic (exact) mass is 312 g/mol. The number of hydrogen-bond donors (Lipinski definition) is 1. The van der Waals surface area contributed by atoms with E-state index in [2.05, 4.69) is 23.8 Å². The van der Waals surface area contributed by atoms with Gasteiger partial charge in [0.25, 0.3) is 0 Å². The summed E-state index contributed by atoms with van der Waals surface area (Å²) >= 11 is 0. The Morgan fingerprint density at radius 2 is 1.86 bits per heavy atom. The molecular weight excluding hydrogens is 276 g/mol. The molecule has 0 bridgehead atoms. The van der Waals surface area contributed by atoms with Crippen molar-refractivity contribution >= 4 is 0 Å². The summed E-state index contributed by atoms with van der Waals surface area (Å²) in [5.41, 5.74) is 0. The van der Waals surface area contributed by atoms with E-state index >= 15 is 0 Å². The molecule has 1 N–H and O–H groups in total. The number of aliphatic hydroxyl groups excluding tert-OH is 1. The van der Waals surface area contributed by atoms with Crippen LogP contribution < -0.4 is 0 Å². The second-order valence-corrected chi connectivity index (χ2v) is 7.44. The maximum absolute atomic E-state index is 8.99. The summed E-state index contributed by atoms with van der Waals surface area (Å²) in [4.78, 5) is 4.82. The Bertz CT molecular complexity index is 293. The van der Waals surface area contributed by atoms with Crippen LogP contribution in [0.5, 0.6) is 0 Å². The van der Waals surface area contributed by atoms with Crippen LogP contribution >= 0.6 is 0 Å². The normalized spacial score (nSPS) is 28.4. The molecule has 0 aromatic rings. The van der Waals surface area contributed by atoms with Crippen LogP contribution in [0.25, 0.3) is 0 Å². The lowest BCUT2D eigenvalue weighted by atomic mass is 9.88. The molecule has 1 saturated heterocycles. The first-order valence-corrected chi connectivity index (χ1v) is 9.32. The highest BCUT2D eigenvalue weighted by molar-refractivity contribution is 4.75. The average molecular weight is 312 g/mol. The van der Waals surface area contributed by atoms with E-state index in [-0.39, 0.29) is 0 Å². The highest BCUT2D eigenvalue weighted by Gasteiger charge is 2.22. The molecule has 0 radical (unpaired) electrons. The van der Waals surface area contributed by atoms with Gasteiger partial charge < -0.3 is 19.6 Å². The van der Waals surface area contributed by atoms with E-state index < -0.39 is 0 Å². The van der Waals surface area contributed by atoms with Crippen LogP contribution in [0, 0.1) is 11.8 Å². The lowest BCUT2D eigenvalue weighted by molar-refractivity contribution is -0.0134. The Balaban J connectivity index is 1.55. The van der Waals surface area contributed by atoms with Gasteiger partial charge in [-0.25, -0.2) is 0 Å². The molecule has 1 aliphatic carbocycles. The molecule has 2 aliphatic rings. The molecule has 2 rings (SSSR count). The van der Waals surface area contributed by atoms with Gasteiger partial charge in [0.2, 0.25) is 0 Å². The Kier molecular flexibility index (Phi) is 8.15. The van der Waals surface area contributed by atoms with Crippen LogP contribution in [0.1, 0.15) is 45.4 Å². The van der Waals surface area contributed by atoms with Crippen molar-refractivity contribution < 1.29 is 9.84 Å². The highest BCUT2D eigenvalue weighted by atomic mass is 16.5. The Morgan fingerprint density at radius 1 is 1.14 bits per heavy atom. The van der Waals surface area contributed by atoms with Gasteiger partial charge in [0.05, 0.1) is 19.3 Å². The second-order valence-electron chi connectivity index (χ2n) is 7.44. The summed E-state index contributed by atoms with van der Waals surface area (Å²) in [5.74, 6) is 1.56. The summed E-state index contributed by atoms with van der Waals surface area (Å²) in [7, 11) is 2.23. The molecule has 1 aliphatic heterocycles. The summed E-state index contributed by atoms with van der Waals surface area (Å²) in [6, 6.07) is 0. The number of β-amino-alcohol motifs (C(OH)–C–C–N with tert-alkyl or cyclic N) is 1. The summed E-state index contributed by atoms with van der Waals surface area (Å²) in [6.45, 7) is 8.90. The molecule has 130 valence electrons. The molecule has 0 amide bonds. The zero-order chi connectivity index (χ0) is 15.8. The van der Waals surface area contributed by atoms with Crippen molar-refractivity contribution in [2.45, 2.75) is 51.6 Å². The van der Waals surface area contributed by atoms with Crippen LogP contribution in [0.2, 0.25) is 0 Å². The van der Waals surface area contributed by atoms with Gasteiger partial charge in [0, 0.05) is 19.6 Å². The molecular formula is C18H36N2O2.